The van der Waals surface area contributed by atoms with E-state index in [1.807, 2.05) is 0 Å². The van der Waals surface area contributed by atoms with E-state index in [2.05, 4.69) is 10.2 Å². The molecule has 0 aliphatic heterocycles. The topological polar surface area (TPSA) is 93.8 Å². The summed E-state index contributed by atoms with van der Waals surface area (Å²) in [7, 11) is -2.29. The minimum Gasteiger partial charge on any atom is -0.308 e. The number of aryl methyl sites for hydroxylation is 1. The van der Waals surface area contributed by atoms with E-state index in [0.29, 0.717) is 5.69 Å². The monoisotopic (exact) mass is 162 g/mol. The number of nitrogens with one attached hydrogen (secondary N) is 1. The van der Waals surface area contributed by atoms with Crippen molar-refractivity contribution < 1.29 is 8.42 Å². The molecule has 3 N–H and O–H groups in total. The van der Waals surface area contributed by atoms with Gasteiger partial charge in [-0.25, -0.2) is 5.10 Å². The largest absolute Gasteiger partial charge is 0.308 e. The number of nitrogens with zero attached hydrogens (tertiary/aromatic N) is 2. The summed E-state index contributed by atoms with van der Waals surface area (Å²) in [4.78, 5) is 0.848. The Labute approximate surface area is 57.8 Å². The van der Waals surface area contributed by atoms with E-state index in [9.17, 15) is 8.42 Å². The highest BCUT2D eigenvalue weighted by Crippen LogP contribution is 1.86. The van der Waals surface area contributed by atoms with Gasteiger partial charge in [-0.1, -0.05) is 0 Å². The molecule has 1 aromatic heterocycles. The fourth-order valence-corrected chi connectivity index (χ4v) is 1.02. The van der Waals surface area contributed by atoms with E-state index in [1.165, 1.54) is 0 Å². The molecule has 0 aliphatic carbocycles. The van der Waals surface area contributed by atoms with Gasteiger partial charge in [-0.3, -0.25) is 0 Å². The van der Waals surface area contributed by atoms with Crippen LogP contribution >= 0.6 is 0 Å². The highest BCUT2D eigenvalue weighted by molar-refractivity contribution is 7.63. The summed E-state index contributed by atoms with van der Waals surface area (Å²) >= 11 is 0. The summed E-state index contributed by atoms with van der Waals surface area (Å²) in [6.45, 7) is 1.55. The molecule has 0 radical (unpaired) electrons. The van der Waals surface area contributed by atoms with Gasteiger partial charge in [-0.2, -0.15) is 8.42 Å². The molecule has 0 aromatic carbocycles. The predicted octanol–water partition coefficient (Wildman–Crippen LogP) is -1.36. The van der Waals surface area contributed by atoms with Gasteiger partial charge in [0.2, 0.25) is 14.9 Å². The van der Waals surface area contributed by atoms with Gasteiger partial charge in [0, 0.05) is 0 Å². The molecule has 0 bridgehead atoms. The molecule has 1 aromatic rings. The van der Waals surface area contributed by atoms with Gasteiger partial charge in [-0.05, 0) is 6.92 Å². The first-order valence-electron chi connectivity index (χ1n) is 2.44. The van der Waals surface area contributed by atoms with Crippen LogP contribution in [0.2, 0.25) is 0 Å². The Morgan fingerprint density at radius 3 is 2.50 bits per heavy atom. The van der Waals surface area contributed by atoms with Crippen LogP contribution in [0.5, 0.6) is 0 Å². The van der Waals surface area contributed by atoms with Gasteiger partial charge in [0.1, 0.15) is 5.69 Å². The maximum atomic E-state index is 10.3. The molecule has 7 heteroatoms. The van der Waals surface area contributed by atoms with Gasteiger partial charge in [-0.15, -0.1) is 10.0 Å². The Kier molecular flexibility index (Phi) is 1.50. The third-order valence-corrected chi connectivity index (χ3v) is 1.69. The zero-order valence-corrected chi connectivity index (χ0v) is 6.01. The zero-order chi connectivity index (χ0) is 7.72. The molecule has 0 unspecified atom stereocenters. The number of nitrogens with two attached hydrogens (primary N) is 1. The van der Waals surface area contributed by atoms with Crippen LogP contribution in [0, 0.1) is 11.6 Å². The lowest BCUT2D eigenvalue weighted by Gasteiger charge is -1.80. The fourth-order valence-electron chi connectivity index (χ4n) is 0.575. The van der Waals surface area contributed by atoms with Crippen LogP contribution in [-0.2, 0) is 10.3 Å². The second kappa shape index (κ2) is 2.18. The van der Waals surface area contributed by atoms with Crippen molar-refractivity contribution in [3.63, 3.8) is 0 Å². The van der Waals surface area contributed by atoms with Crippen LogP contribution in [0.15, 0.2) is 0 Å². The molecule has 6 nitrogen and oxygen atoms in total. The molecular weight excluding hydrogens is 156 g/mol. The molecule has 0 saturated heterocycles. The lowest BCUT2D eigenvalue weighted by molar-refractivity contribution is 0.623. The molecule has 0 aliphatic rings. The molecule has 0 atom stereocenters. The number of nitrogen functional groups attached to an aromatic ring is 1. The number of H-pyrrole nitrogens is 1. The van der Waals surface area contributed by atoms with Crippen molar-refractivity contribution in [3.8, 4) is 0 Å². The van der Waals surface area contributed by atoms with Crippen LogP contribution in [0.25, 0.3) is 0 Å². The van der Waals surface area contributed by atoms with E-state index in [-0.39, 0.29) is 4.64 Å². The average Bonchev–Trinajstić information content (AvgIpc) is 2.10. The summed E-state index contributed by atoms with van der Waals surface area (Å²) in [5.74, 6) is 5.09. The van der Waals surface area contributed by atoms with Crippen LogP contribution < -0.4 is 5.84 Å². The Bertz CT molecular complexity index is 388. The van der Waals surface area contributed by atoms with Gasteiger partial charge < -0.3 is 5.84 Å². The first-order valence-corrected chi connectivity index (χ1v) is 3.52. The van der Waals surface area contributed by atoms with E-state index in [4.69, 9.17) is 5.84 Å². The molecular formula is C3H6N4O2S. The van der Waals surface area contributed by atoms with E-state index in [0.717, 1.165) is 4.91 Å². The third kappa shape index (κ3) is 1.03. The smallest absolute Gasteiger partial charge is 0.241 e. The molecule has 0 saturated carbocycles. The van der Waals surface area contributed by atoms with Gasteiger partial charge >= 0.3 is 0 Å². The van der Waals surface area contributed by atoms with Gasteiger partial charge in [0.15, 0.2) is 0 Å². The minimum atomic E-state index is -2.29. The molecule has 0 amide bonds. The molecule has 0 fully saturated rings. The zero-order valence-electron chi connectivity index (χ0n) is 5.20. The standard InChI is InChI=1S/C3H6N4O2S/c1-2-3(10(8)9)6-7(4)5-2/h6H,4H2,1H3. The first kappa shape index (κ1) is 6.87. The number of rotatable bonds is 0. The molecule has 10 heavy (non-hydrogen) atoms. The summed E-state index contributed by atoms with van der Waals surface area (Å²) in [6, 6.07) is 0. The number of hydrogen-bond donors (Lipinski definition) is 2. The van der Waals surface area contributed by atoms with Crippen molar-refractivity contribution in [1.29, 1.82) is 0 Å². The summed E-state index contributed by atoms with van der Waals surface area (Å²) in [5.41, 5.74) is 0.357. The third-order valence-electron chi connectivity index (χ3n) is 0.969. The quantitative estimate of drug-likeness (QED) is 0.364. The van der Waals surface area contributed by atoms with Crippen molar-refractivity contribution in [1.82, 2.24) is 15.1 Å². The maximum Gasteiger partial charge on any atom is 0.241 e. The SMILES string of the molecule is Cc1nn(N)[nH]c1=S(=O)=O. The fraction of sp³-hybridized carbons (Fsp3) is 0.333. The van der Waals surface area contributed by atoms with Crippen molar-refractivity contribution in [2.24, 2.45) is 0 Å². The highest BCUT2D eigenvalue weighted by Gasteiger charge is 1.94. The molecule has 0 spiro atoms. The van der Waals surface area contributed by atoms with Crippen LogP contribution in [0.4, 0.5) is 0 Å². The van der Waals surface area contributed by atoms with Crippen LogP contribution in [-0.4, -0.2) is 23.5 Å². The van der Waals surface area contributed by atoms with E-state index >= 15 is 0 Å². The Balaban J connectivity index is 3.76. The Morgan fingerprint density at radius 1 is 1.70 bits per heavy atom. The second-order valence-electron chi connectivity index (χ2n) is 1.71. The van der Waals surface area contributed by atoms with Crippen molar-refractivity contribution >= 4 is 10.3 Å². The first-order chi connectivity index (χ1) is 4.61. The predicted molar refractivity (Wildman–Crippen MR) is 33.6 cm³/mol. The lowest BCUT2D eigenvalue weighted by Crippen LogP contribution is -2.11. The average molecular weight is 162 g/mol. The summed E-state index contributed by atoms with van der Waals surface area (Å²) in [5, 5.41) is 5.89. The van der Waals surface area contributed by atoms with Crippen molar-refractivity contribution in [2.75, 3.05) is 5.84 Å². The lowest BCUT2D eigenvalue weighted by atomic mass is 10.6. The molecule has 1 rings (SSSR count). The van der Waals surface area contributed by atoms with Crippen LogP contribution in [0.1, 0.15) is 5.69 Å². The van der Waals surface area contributed by atoms with Crippen LogP contribution in [0.3, 0.4) is 0 Å². The van der Waals surface area contributed by atoms with Gasteiger partial charge in [0.05, 0.1) is 0 Å². The normalized spacial score (nSPS) is 9.70. The molecule has 56 valence electrons. The minimum absolute atomic E-state index is 0.0162. The van der Waals surface area contributed by atoms with E-state index in [1.54, 1.807) is 6.92 Å². The van der Waals surface area contributed by atoms with E-state index < -0.39 is 10.3 Å². The number of hydrogen-bond acceptors (Lipinski definition) is 4. The van der Waals surface area contributed by atoms with Gasteiger partial charge in [0.25, 0.3) is 0 Å². The van der Waals surface area contributed by atoms with Crippen molar-refractivity contribution in [2.45, 2.75) is 6.92 Å². The number of aromatic nitrogens is 3. The summed E-state index contributed by atoms with van der Waals surface area (Å²) in [6.07, 6.45) is 0. The molecule has 1 heterocycles. The Hall–Kier alpha value is -1.24. The highest BCUT2D eigenvalue weighted by atomic mass is 32.2. The number of aromatic amines is 1. The van der Waals surface area contributed by atoms with Crippen molar-refractivity contribution in [3.05, 3.63) is 10.3 Å². The second-order valence-corrected chi connectivity index (χ2v) is 2.58. The Morgan fingerprint density at radius 2 is 2.30 bits per heavy atom. The summed E-state index contributed by atoms with van der Waals surface area (Å²) < 4.78 is 20.6. The maximum absolute atomic E-state index is 10.3.